The summed E-state index contributed by atoms with van der Waals surface area (Å²) in [5.41, 5.74) is 1.81. The summed E-state index contributed by atoms with van der Waals surface area (Å²) < 4.78 is 0. The highest BCUT2D eigenvalue weighted by Crippen LogP contribution is 2.26. The van der Waals surface area contributed by atoms with Gasteiger partial charge in [0.15, 0.2) is 5.78 Å². The van der Waals surface area contributed by atoms with Gasteiger partial charge in [0.25, 0.3) is 0 Å². The molecule has 1 fully saturated rings. The third-order valence-electron chi connectivity index (χ3n) is 2.27. The topological polar surface area (TPSA) is 30.0 Å². The Bertz CT molecular complexity index is 361. The molecule has 0 radical (unpaired) electrons. The zero-order valence-corrected chi connectivity index (χ0v) is 10.2. The van der Waals surface area contributed by atoms with Crippen LogP contribution in [0.25, 0.3) is 0 Å². The van der Waals surface area contributed by atoms with E-state index in [1.54, 1.807) is 24.2 Å². The first kappa shape index (κ1) is 11.0. The lowest BCUT2D eigenvalue weighted by atomic mass is 10.1. The number of ketones is 1. The van der Waals surface area contributed by atoms with Crippen LogP contribution in [-0.4, -0.2) is 33.3 Å². The molecule has 0 amide bonds. The van der Waals surface area contributed by atoms with Gasteiger partial charge in [-0.25, -0.2) is 0 Å². The molecule has 0 aliphatic carbocycles. The number of carbonyl (C=O) groups excluding carboxylic acids is 1. The molecular weight excluding hydrogens is 226 g/mol. The number of Topliss-reactive ketones (excluding diaryl/α,β-unsaturated/α-hetero) is 1. The highest BCUT2D eigenvalue weighted by molar-refractivity contribution is 8.07. The fourth-order valence-corrected chi connectivity index (χ4v) is 4.15. The molecule has 2 nitrogen and oxygen atoms in total. The maximum atomic E-state index is 12.1. The molecule has 4 heteroatoms. The number of hydrogen-bond donors (Lipinski definition) is 0. The van der Waals surface area contributed by atoms with Crippen LogP contribution in [0.2, 0.25) is 0 Å². The lowest BCUT2D eigenvalue weighted by molar-refractivity contribution is 0.0994. The molecule has 2 rings (SSSR count). The molecule has 0 N–H and O–H groups in total. The molecule has 1 aliphatic heterocycles. The van der Waals surface area contributed by atoms with Gasteiger partial charge in [-0.05, 0) is 18.6 Å². The van der Waals surface area contributed by atoms with E-state index in [1.807, 2.05) is 24.8 Å². The van der Waals surface area contributed by atoms with Crippen LogP contribution in [0.4, 0.5) is 0 Å². The summed E-state index contributed by atoms with van der Waals surface area (Å²) in [6.07, 6.45) is 3.45. The third kappa shape index (κ3) is 2.75. The zero-order valence-electron chi connectivity index (χ0n) is 8.60. The van der Waals surface area contributed by atoms with Crippen molar-refractivity contribution in [2.75, 3.05) is 17.3 Å². The molecule has 15 heavy (non-hydrogen) atoms. The average Bonchev–Trinajstić information content (AvgIpc) is 2.29. The molecule has 1 aromatic rings. The van der Waals surface area contributed by atoms with Crippen LogP contribution in [0.1, 0.15) is 15.9 Å². The standard InChI is InChI=1S/C11H13NOS2/c1-8-4-9(6-12-5-8)11(13)10-7-14-2-3-15-10/h4-6,10H,2-3,7H2,1H3. The van der Waals surface area contributed by atoms with Crippen LogP contribution in [0.3, 0.4) is 0 Å². The SMILES string of the molecule is Cc1cncc(C(=O)C2CSCCS2)c1. The van der Waals surface area contributed by atoms with Crippen molar-refractivity contribution in [3.05, 3.63) is 29.6 Å². The molecule has 2 heterocycles. The molecule has 1 aliphatic rings. The summed E-state index contributed by atoms with van der Waals surface area (Å²) >= 11 is 3.64. The fourth-order valence-electron chi connectivity index (χ4n) is 1.51. The van der Waals surface area contributed by atoms with Gasteiger partial charge < -0.3 is 0 Å². The molecule has 0 spiro atoms. The van der Waals surface area contributed by atoms with E-state index in [2.05, 4.69) is 4.98 Å². The second kappa shape index (κ2) is 5.03. The van der Waals surface area contributed by atoms with Gasteiger partial charge in [-0.1, -0.05) is 0 Å². The molecule has 0 aromatic carbocycles. The van der Waals surface area contributed by atoms with Crippen LogP contribution in [0.5, 0.6) is 0 Å². The molecule has 1 unspecified atom stereocenters. The monoisotopic (exact) mass is 239 g/mol. The first-order valence-electron chi connectivity index (χ1n) is 4.92. The lowest BCUT2D eigenvalue weighted by Crippen LogP contribution is -2.24. The fraction of sp³-hybridized carbons (Fsp3) is 0.455. The van der Waals surface area contributed by atoms with Gasteiger partial charge in [-0.15, -0.1) is 11.8 Å². The van der Waals surface area contributed by atoms with E-state index in [-0.39, 0.29) is 11.0 Å². The first-order valence-corrected chi connectivity index (χ1v) is 7.13. The Kier molecular flexibility index (Phi) is 3.70. The average molecular weight is 239 g/mol. The molecule has 1 saturated heterocycles. The summed E-state index contributed by atoms with van der Waals surface area (Å²) in [5, 5.41) is 0.132. The van der Waals surface area contributed by atoms with Gasteiger partial charge in [0.2, 0.25) is 0 Å². The number of thioether (sulfide) groups is 2. The predicted octanol–water partition coefficient (Wildman–Crippen LogP) is 2.42. The lowest BCUT2D eigenvalue weighted by Gasteiger charge is -2.19. The summed E-state index contributed by atoms with van der Waals surface area (Å²) in [4.78, 5) is 16.1. The molecular formula is C11H13NOS2. The van der Waals surface area contributed by atoms with Crippen molar-refractivity contribution in [2.24, 2.45) is 0 Å². The van der Waals surface area contributed by atoms with Crippen molar-refractivity contribution in [1.29, 1.82) is 0 Å². The highest BCUT2D eigenvalue weighted by atomic mass is 32.2. The van der Waals surface area contributed by atoms with Crippen molar-refractivity contribution >= 4 is 29.3 Å². The molecule has 0 saturated carbocycles. The van der Waals surface area contributed by atoms with Crippen LogP contribution in [0.15, 0.2) is 18.5 Å². The van der Waals surface area contributed by atoms with Crippen molar-refractivity contribution in [2.45, 2.75) is 12.2 Å². The summed E-state index contributed by atoms with van der Waals surface area (Å²) in [7, 11) is 0. The van der Waals surface area contributed by atoms with Gasteiger partial charge in [0, 0.05) is 35.2 Å². The van der Waals surface area contributed by atoms with Crippen LogP contribution in [-0.2, 0) is 0 Å². The maximum absolute atomic E-state index is 12.1. The van der Waals surface area contributed by atoms with E-state index in [0.717, 1.165) is 22.6 Å². The van der Waals surface area contributed by atoms with Gasteiger partial charge in [0.05, 0.1) is 5.25 Å². The third-order valence-corrected chi connectivity index (χ3v) is 5.02. The van der Waals surface area contributed by atoms with Crippen LogP contribution < -0.4 is 0 Å². The van der Waals surface area contributed by atoms with E-state index in [4.69, 9.17) is 0 Å². The summed E-state index contributed by atoms with van der Waals surface area (Å²) in [6.45, 7) is 1.96. The van der Waals surface area contributed by atoms with Gasteiger partial charge >= 0.3 is 0 Å². The summed E-state index contributed by atoms with van der Waals surface area (Å²) in [6, 6.07) is 1.93. The largest absolute Gasteiger partial charge is 0.293 e. The number of hydrogen-bond acceptors (Lipinski definition) is 4. The van der Waals surface area contributed by atoms with Crippen molar-refractivity contribution < 1.29 is 4.79 Å². The Morgan fingerprint density at radius 2 is 2.33 bits per heavy atom. The normalized spacial score (nSPS) is 21.3. The second-order valence-corrected chi connectivity index (χ2v) is 6.01. The van der Waals surface area contributed by atoms with Gasteiger partial charge in [-0.2, -0.15) is 11.8 Å². The highest BCUT2D eigenvalue weighted by Gasteiger charge is 2.23. The second-order valence-electron chi connectivity index (χ2n) is 3.55. The Hall–Kier alpha value is -0.480. The van der Waals surface area contributed by atoms with Crippen molar-refractivity contribution in [1.82, 2.24) is 4.98 Å². The molecule has 1 atom stereocenters. The van der Waals surface area contributed by atoms with E-state index < -0.39 is 0 Å². The molecule has 1 aromatic heterocycles. The Morgan fingerprint density at radius 3 is 3.00 bits per heavy atom. The number of aromatic nitrogens is 1. The van der Waals surface area contributed by atoms with Crippen LogP contribution in [0, 0.1) is 6.92 Å². The number of nitrogens with zero attached hydrogens (tertiary/aromatic N) is 1. The van der Waals surface area contributed by atoms with Gasteiger partial charge in [0.1, 0.15) is 0 Å². The van der Waals surface area contributed by atoms with E-state index in [0.29, 0.717) is 0 Å². The number of pyridine rings is 1. The van der Waals surface area contributed by atoms with Crippen molar-refractivity contribution in [3.63, 3.8) is 0 Å². The number of aryl methyl sites for hydroxylation is 1. The van der Waals surface area contributed by atoms with Gasteiger partial charge in [-0.3, -0.25) is 9.78 Å². The number of rotatable bonds is 2. The maximum Gasteiger partial charge on any atom is 0.178 e. The summed E-state index contributed by atoms with van der Waals surface area (Å²) in [5.74, 6) is 3.43. The van der Waals surface area contributed by atoms with E-state index in [9.17, 15) is 4.79 Å². The van der Waals surface area contributed by atoms with E-state index >= 15 is 0 Å². The minimum absolute atomic E-state index is 0.132. The Balaban J connectivity index is 2.12. The number of carbonyl (C=O) groups is 1. The van der Waals surface area contributed by atoms with Crippen molar-refractivity contribution in [3.8, 4) is 0 Å². The Morgan fingerprint density at radius 1 is 1.47 bits per heavy atom. The smallest absolute Gasteiger partial charge is 0.178 e. The quantitative estimate of drug-likeness (QED) is 0.741. The predicted molar refractivity (Wildman–Crippen MR) is 66.9 cm³/mol. The minimum atomic E-state index is 0.132. The van der Waals surface area contributed by atoms with Crippen LogP contribution >= 0.6 is 23.5 Å². The molecule has 0 bridgehead atoms. The Labute approximate surface area is 98.2 Å². The minimum Gasteiger partial charge on any atom is -0.293 e. The first-order chi connectivity index (χ1) is 7.27. The van der Waals surface area contributed by atoms with E-state index in [1.165, 1.54) is 5.75 Å². The molecule has 80 valence electrons. The zero-order chi connectivity index (χ0) is 10.7.